The predicted octanol–water partition coefficient (Wildman–Crippen LogP) is 2.03. The average molecular weight is 473 g/mol. The third-order valence-electron chi connectivity index (χ3n) is 5.98. The summed E-state index contributed by atoms with van der Waals surface area (Å²) in [4.78, 5) is 46.5. The zero-order valence-electron chi connectivity index (χ0n) is 17.5. The molecule has 1 unspecified atom stereocenters. The highest BCUT2D eigenvalue weighted by molar-refractivity contribution is 7.98. The van der Waals surface area contributed by atoms with E-state index in [1.165, 1.54) is 0 Å². The van der Waals surface area contributed by atoms with Crippen molar-refractivity contribution in [1.82, 2.24) is 20.1 Å². The summed E-state index contributed by atoms with van der Waals surface area (Å²) in [5.74, 6) is -0.0731. The summed E-state index contributed by atoms with van der Waals surface area (Å²) in [6, 6.07) is 5.13. The molecule has 168 valence electrons. The number of carbonyl (C=O) groups excluding carboxylic acids is 3. The van der Waals surface area contributed by atoms with E-state index >= 15 is 0 Å². The van der Waals surface area contributed by atoms with E-state index in [9.17, 15) is 14.4 Å². The van der Waals surface area contributed by atoms with Crippen LogP contribution in [0.1, 0.15) is 39.5 Å². The summed E-state index contributed by atoms with van der Waals surface area (Å²) >= 11 is 3.35. The third-order valence-corrected chi connectivity index (χ3v) is 7.99. The molecular formula is C22H24N4O4S2. The van der Waals surface area contributed by atoms with Crippen LogP contribution in [0.3, 0.4) is 0 Å². The number of hydrogen-bond donors (Lipinski definition) is 1. The SMILES string of the molecule is O=C1CCC(N2Cc3c(SCc4csc(CN5CCOCC5)n4)cccc3C2=O)C(=O)N1. The molecule has 1 aromatic carbocycles. The van der Waals surface area contributed by atoms with Gasteiger partial charge in [0.2, 0.25) is 11.8 Å². The summed E-state index contributed by atoms with van der Waals surface area (Å²) in [6.45, 7) is 4.69. The fraction of sp³-hybridized carbons (Fsp3) is 0.455. The molecule has 1 N–H and O–H groups in total. The average Bonchev–Trinajstić information content (AvgIpc) is 3.38. The molecule has 10 heteroatoms. The van der Waals surface area contributed by atoms with Crippen molar-refractivity contribution < 1.29 is 19.1 Å². The molecule has 1 atom stereocenters. The van der Waals surface area contributed by atoms with Crippen LogP contribution >= 0.6 is 23.1 Å². The molecule has 32 heavy (non-hydrogen) atoms. The number of imide groups is 1. The highest BCUT2D eigenvalue weighted by atomic mass is 32.2. The van der Waals surface area contributed by atoms with Crippen molar-refractivity contribution in [1.29, 1.82) is 0 Å². The number of morpholine rings is 1. The molecule has 3 aliphatic heterocycles. The quantitative estimate of drug-likeness (QED) is 0.508. The Balaban J connectivity index is 1.24. The molecular weight excluding hydrogens is 448 g/mol. The van der Waals surface area contributed by atoms with E-state index in [1.54, 1.807) is 28.0 Å². The number of carbonyl (C=O) groups is 3. The number of thiazole rings is 1. The minimum absolute atomic E-state index is 0.140. The molecule has 1 aromatic heterocycles. The number of hydrogen-bond acceptors (Lipinski definition) is 8. The summed E-state index contributed by atoms with van der Waals surface area (Å²) in [5, 5.41) is 5.57. The molecule has 3 amide bonds. The molecule has 5 rings (SSSR count). The Morgan fingerprint density at radius 2 is 2.06 bits per heavy atom. The Kier molecular flexibility index (Phi) is 6.27. The molecule has 0 saturated carbocycles. The van der Waals surface area contributed by atoms with Gasteiger partial charge in [-0.15, -0.1) is 23.1 Å². The minimum atomic E-state index is -0.591. The molecule has 2 fully saturated rings. The first kappa shape index (κ1) is 21.6. The van der Waals surface area contributed by atoms with Crippen molar-refractivity contribution in [2.24, 2.45) is 0 Å². The van der Waals surface area contributed by atoms with Gasteiger partial charge in [0.1, 0.15) is 11.0 Å². The Bertz CT molecular complexity index is 1050. The van der Waals surface area contributed by atoms with Gasteiger partial charge in [-0.25, -0.2) is 4.98 Å². The summed E-state index contributed by atoms with van der Waals surface area (Å²) in [7, 11) is 0. The smallest absolute Gasteiger partial charge is 0.255 e. The maximum atomic E-state index is 13.0. The molecule has 0 aliphatic carbocycles. The standard InChI is InChI=1S/C22H24N4O4S2/c27-19-5-4-17(21(28)24-19)26-10-16-15(22(26)29)2-1-3-18(16)31-12-14-13-32-20(23-14)11-25-6-8-30-9-7-25/h1-3,13,17H,4-12H2,(H,24,27,28). The van der Waals surface area contributed by atoms with Gasteiger partial charge in [-0.05, 0) is 24.1 Å². The molecule has 0 bridgehead atoms. The first-order valence-corrected chi connectivity index (χ1v) is 12.6. The number of amides is 3. The monoisotopic (exact) mass is 472 g/mol. The van der Waals surface area contributed by atoms with E-state index in [-0.39, 0.29) is 24.1 Å². The van der Waals surface area contributed by atoms with Crippen molar-refractivity contribution in [2.75, 3.05) is 26.3 Å². The highest BCUT2D eigenvalue weighted by Gasteiger charge is 2.39. The van der Waals surface area contributed by atoms with Crippen molar-refractivity contribution >= 4 is 40.8 Å². The van der Waals surface area contributed by atoms with Crippen LogP contribution in [0.2, 0.25) is 0 Å². The first-order valence-electron chi connectivity index (χ1n) is 10.7. The Labute approximate surface area is 194 Å². The summed E-state index contributed by atoms with van der Waals surface area (Å²) in [6.07, 6.45) is 0.631. The van der Waals surface area contributed by atoms with Gasteiger partial charge in [-0.2, -0.15) is 0 Å². The van der Waals surface area contributed by atoms with Gasteiger partial charge in [0.25, 0.3) is 5.91 Å². The summed E-state index contributed by atoms with van der Waals surface area (Å²) < 4.78 is 5.40. The Hall–Kier alpha value is -2.27. The van der Waals surface area contributed by atoms with E-state index in [0.717, 1.165) is 59.8 Å². The van der Waals surface area contributed by atoms with Crippen LogP contribution in [0.4, 0.5) is 0 Å². The zero-order valence-corrected chi connectivity index (χ0v) is 19.2. The number of piperidine rings is 1. The van der Waals surface area contributed by atoms with Gasteiger partial charge >= 0.3 is 0 Å². The second kappa shape index (κ2) is 9.30. The lowest BCUT2D eigenvalue weighted by atomic mass is 10.0. The van der Waals surface area contributed by atoms with Gasteiger partial charge in [0.05, 0.1) is 25.5 Å². The number of ether oxygens (including phenoxy) is 1. The van der Waals surface area contributed by atoms with Crippen LogP contribution in [0.5, 0.6) is 0 Å². The topological polar surface area (TPSA) is 91.8 Å². The molecule has 4 heterocycles. The second-order valence-corrected chi connectivity index (χ2v) is 10.1. The lowest BCUT2D eigenvalue weighted by Gasteiger charge is -2.29. The largest absolute Gasteiger partial charge is 0.379 e. The van der Waals surface area contributed by atoms with Gasteiger partial charge < -0.3 is 9.64 Å². The van der Waals surface area contributed by atoms with Crippen molar-refractivity contribution in [3.05, 3.63) is 45.4 Å². The van der Waals surface area contributed by atoms with Crippen LogP contribution in [0, 0.1) is 0 Å². The number of aromatic nitrogens is 1. The van der Waals surface area contributed by atoms with Crippen LogP contribution < -0.4 is 5.32 Å². The Morgan fingerprint density at radius 1 is 1.22 bits per heavy atom. The van der Waals surface area contributed by atoms with Gasteiger partial charge in [0.15, 0.2) is 0 Å². The van der Waals surface area contributed by atoms with Crippen LogP contribution in [0.25, 0.3) is 0 Å². The normalized spacial score (nSPS) is 21.7. The van der Waals surface area contributed by atoms with Gasteiger partial charge in [-0.3, -0.25) is 24.6 Å². The van der Waals surface area contributed by atoms with Gasteiger partial charge in [-0.1, -0.05) is 6.07 Å². The van der Waals surface area contributed by atoms with Crippen molar-refractivity contribution in [3.8, 4) is 0 Å². The zero-order chi connectivity index (χ0) is 22.1. The second-order valence-electron chi connectivity index (χ2n) is 8.09. The van der Waals surface area contributed by atoms with Crippen LogP contribution in [-0.4, -0.2) is 64.9 Å². The van der Waals surface area contributed by atoms with Crippen LogP contribution in [-0.2, 0) is 33.2 Å². The first-order chi connectivity index (χ1) is 15.6. The molecule has 0 radical (unpaired) electrons. The van der Waals surface area contributed by atoms with E-state index in [1.807, 2.05) is 18.2 Å². The number of benzene rings is 1. The predicted molar refractivity (Wildman–Crippen MR) is 120 cm³/mol. The highest BCUT2D eigenvalue weighted by Crippen LogP contribution is 2.35. The van der Waals surface area contributed by atoms with Crippen molar-refractivity contribution in [2.45, 2.75) is 42.6 Å². The minimum Gasteiger partial charge on any atom is -0.379 e. The molecule has 2 saturated heterocycles. The maximum absolute atomic E-state index is 13.0. The third kappa shape index (κ3) is 4.45. The van der Waals surface area contributed by atoms with Gasteiger partial charge in [0, 0.05) is 47.6 Å². The molecule has 8 nitrogen and oxygen atoms in total. The fourth-order valence-corrected chi connectivity index (χ4v) is 6.20. The number of nitrogens with zero attached hydrogens (tertiary/aromatic N) is 3. The molecule has 3 aliphatic rings. The number of thioether (sulfide) groups is 1. The van der Waals surface area contributed by atoms with E-state index < -0.39 is 6.04 Å². The Morgan fingerprint density at radius 3 is 2.88 bits per heavy atom. The lowest BCUT2D eigenvalue weighted by molar-refractivity contribution is -0.136. The molecule has 2 aromatic rings. The number of fused-ring (bicyclic) bond motifs is 1. The fourth-order valence-electron chi connectivity index (χ4n) is 4.28. The van der Waals surface area contributed by atoms with E-state index in [4.69, 9.17) is 9.72 Å². The lowest BCUT2D eigenvalue weighted by Crippen LogP contribution is -2.52. The summed E-state index contributed by atoms with van der Waals surface area (Å²) in [5.41, 5.74) is 2.63. The number of nitrogens with one attached hydrogen (secondary N) is 1. The van der Waals surface area contributed by atoms with Crippen LogP contribution in [0.15, 0.2) is 28.5 Å². The van der Waals surface area contributed by atoms with E-state index in [2.05, 4.69) is 15.6 Å². The van der Waals surface area contributed by atoms with E-state index in [0.29, 0.717) is 18.5 Å². The maximum Gasteiger partial charge on any atom is 0.255 e. The number of rotatable bonds is 6. The van der Waals surface area contributed by atoms with Crippen molar-refractivity contribution in [3.63, 3.8) is 0 Å². The molecule has 0 spiro atoms.